The van der Waals surface area contributed by atoms with Crippen LogP contribution in [0.4, 0.5) is 5.69 Å². The minimum atomic E-state index is -0.179. The topological polar surface area (TPSA) is 51.5 Å². The molecule has 0 spiro atoms. The average Bonchev–Trinajstić information content (AvgIpc) is 3.05. The lowest BCUT2D eigenvalue weighted by Crippen LogP contribution is -2.00. The zero-order valence-corrected chi connectivity index (χ0v) is 15.2. The Hall–Kier alpha value is -2.98. The first-order chi connectivity index (χ1) is 12.5. The summed E-state index contributed by atoms with van der Waals surface area (Å²) in [5.74, 6) is 2.13. The van der Waals surface area contributed by atoms with Gasteiger partial charge in [-0.2, -0.15) is 0 Å². The van der Waals surface area contributed by atoms with Crippen LogP contribution in [0.5, 0.6) is 11.5 Å². The highest BCUT2D eigenvalue weighted by atomic mass is 35.5. The number of aryl methyl sites for hydroxylation is 1. The van der Waals surface area contributed by atoms with Crippen molar-refractivity contribution < 1.29 is 13.9 Å². The number of halogens is 1. The highest BCUT2D eigenvalue weighted by Gasteiger charge is 2.08. The van der Waals surface area contributed by atoms with Crippen LogP contribution in [0.2, 0.25) is 5.02 Å². The molecule has 5 heteroatoms. The van der Waals surface area contributed by atoms with Crippen LogP contribution in [0.3, 0.4) is 0 Å². The summed E-state index contributed by atoms with van der Waals surface area (Å²) >= 11 is 6.09. The van der Waals surface area contributed by atoms with Crippen LogP contribution in [0.15, 0.2) is 76.9 Å². The van der Waals surface area contributed by atoms with Gasteiger partial charge in [-0.25, -0.2) is 0 Å². The highest BCUT2D eigenvalue weighted by Crippen LogP contribution is 2.29. The number of anilines is 1. The summed E-state index contributed by atoms with van der Waals surface area (Å²) in [5.41, 5.74) is 1.55. The molecule has 0 aliphatic carbocycles. The van der Waals surface area contributed by atoms with Crippen molar-refractivity contribution in [3.8, 4) is 11.5 Å². The highest BCUT2D eigenvalue weighted by molar-refractivity contribution is 6.32. The van der Waals surface area contributed by atoms with E-state index in [1.54, 1.807) is 25.1 Å². The number of ether oxygens (including phenoxy) is 1. The molecule has 0 aliphatic heterocycles. The van der Waals surface area contributed by atoms with E-state index in [1.807, 2.05) is 49.4 Å². The number of allylic oxidation sites excluding steroid dienone is 2. The van der Waals surface area contributed by atoms with Crippen LogP contribution in [-0.4, -0.2) is 5.78 Å². The summed E-state index contributed by atoms with van der Waals surface area (Å²) in [5, 5.41) is 3.72. The van der Waals surface area contributed by atoms with Gasteiger partial charge in [0.05, 0.1) is 5.02 Å². The largest absolute Gasteiger partial charge is 0.458 e. The predicted molar refractivity (Wildman–Crippen MR) is 103 cm³/mol. The lowest BCUT2D eigenvalue weighted by molar-refractivity contribution is 0.102. The van der Waals surface area contributed by atoms with E-state index in [0.29, 0.717) is 33.7 Å². The second-order valence-corrected chi connectivity index (χ2v) is 6.19. The van der Waals surface area contributed by atoms with Gasteiger partial charge in [0.1, 0.15) is 17.3 Å². The number of furan rings is 1. The number of ketones is 1. The Morgan fingerprint density at radius 1 is 1.08 bits per heavy atom. The van der Waals surface area contributed by atoms with E-state index < -0.39 is 0 Å². The van der Waals surface area contributed by atoms with Crippen molar-refractivity contribution >= 4 is 23.1 Å². The van der Waals surface area contributed by atoms with E-state index >= 15 is 0 Å². The van der Waals surface area contributed by atoms with Crippen LogP contribution in [-0.2, 0) is 0 Å². The van der Waals surface area contributed by atoms with Gasteiger partial charge in [0.25, 0.3) is 0 Å². The van der Waals surface area contributed by atoms with E-state index in [9.17, 15) is 4.79 Å². The maximum absolute atomic E-state index is 12.1. The first-order valence-electron chi connectivity index (χ1n) is 8.10. The molecule has 3 aromatic rings. The quantitative estimate of drug-likeness (QED) is 0.414. The fourth-order valence-corrected chi connectivity index (χ4v) is 2.53. The molecule has 2 aromatic carbocycles. The molecule has 0 atom stereocenters. The third kappa shape index (κ3) is 4.55. The Morgan fingerprint density at radius 3 is 2.46 bits per heavy atom. The molecule has 26 heavy (non-hydrogen) atoms. The van der Waals surface area contributed by atoms with Gasteiger partial charge in [-0.1, -0.05) is 23.7 Å². The van der Waals surface area contributed by atoms with Gasteiger partial charge in [0.15, 0.2) is 5.76 Å². The summed E-state index contributed by atoms with van der Waals surface area (Å²) in [6.07, 6.45) is 1.51. The summed E-state index contributed by atoms with van der Waals surface area (Å²) in [6.45, 7) is 3.62. The molecule has 0 saturated carbocycles. The Balaban J connectivity index is 1.64. The monoisotopic (exact) mass is 367 g/mol. The minimum Gasteiger partial charge on any atom is -0.458 e. The van der Waals surface area contributed by atoms with E-state index in [0.717, 1.165) is 5.69 Å². The van der Waals surface area contributed by atoms with Crippen molar-refractivity contribution in [3.05, 3.63) is 89.0 Å². The van der Waals surface area contributed by atoms with Crippen molar-refractivity contribution in [3.63, 3.8) is 0 Å². The van der Waals surface area contributed by atoms with Crippen LogP contribution in [0.25, 0.3) is 0 Å². The fraction of sp³-hybridized carbons (Fsp3) is 0.0952. The summed E-state index contributed by atoms with van der Waals surface area (Å²) in [6, 6.07) is 18.1. The van der Waals surface area contributed by atoms with Crippen molar-refractivity contribution in [1.82, 2.24) is 0 Å². The Morgan fingerprint density at radius 2 is 1.81 bits per heavy atom. The molecule has 4 nitrogen and oxygen atoms in total. The Labute approximate surface area is 157 Å². The number of rotatable bonds is 6. The smallest absolute Gasteiger partial charge is 0.222 e. The lowest BCUT2D eigenvalue weighted by Gasteiger charge is -2.09. The van der Waals surface area contributed by atoms with Gasteiger partial charge >= 0.3 is 0 Å². The predicted octanol–water partition coefficient (Wildman–Crippen LogP) is 6.23. The van der Waals surface area contributed by atoms with Crippen molar-refractivity contribution in [1.29, 1.82) is 0 Å². The zero-order valence-electron chi connectivity index (χ0n) is 14.5. The second kappa shape index (κ2) is 7.93. The number of carbonyl (C=O) groups excluding carboxylic acids is 1. The fourth-order valence-electron chi connectivity index (χ4n) is 2.36. The van der Waals surface area contributed by atoms with Crippen LogP contribution in [0.1, 0.15) is 23.2 Å². The standard InChI is InChI=1S/C21H18ClNO3/c1-14(13-19(24)21-12-7-15(2)25-21)23-16-8-10-17(11-9-16)26-20-6-4-3-5-18(20)22/h3-13,23H,1-2H3/b14-13+. The molecule has 0 fully saturated rings. The maximum Gasteiger partial charge on any atom is 0.222 e. The van der Waals surface area contributed by atoms with Crippen LogP contribution >= 0.6 is 11.6 Å². The number of nitrogens with one attached hydrogen (secondary N) is 1. The molecule has 3 rings (SSSR count). The van der Waals surface area contributed by atoms with Gasteiger partial charge in [-0.3, -0.25) is 4.79 Å². The van der Waals surface area contributed by atoms with Crippen LogP contribution < -0.4 is 10.1 Å². The Bertz CT molecular complexity index is 942. The van der Waals surface area contributed by atoms with E-state index in [4.69, 9.17) is 20.8 Å². The van der Waals surface area contributed by atoms with Gasteiger partial charge in [0.2, 0.25) is 5.78 Å². The molecule has 0 unspecified atom stereocenters. The van der Waals surface area contributed by atoms with Crippen molar-refractivity contribution in [2.45, 2.75) is 13.8 Å². The molecule has 132 valence electrons. The molecule has 0 amide bonds. The molecular formula is C21H18ClNO3. The normalized spacial score (nSPS) is 11.3. The SMILES string of the molecule is C/C(=C\C(=O)c1ccc(C)o1)Nc1ccc(Oc2ccccc2Cl)cc1. The van der Waals surface area contributed by atoms with E-state index in [-0.39, 0.29) is 5.78 Å². The molecule has 0 aliphatic rings. The van der Waals surface area contributed by atoms with Gasteiger partial charge in [-0.15, -0.1) is 0 Å². The molecule has 0 radical (unpaired) electrons. The summed E-state index contributed by atoms with van der Waals surface area (Å²) < 4.78 is 11.1. The van der Waals surface area contributed by atoms with Crippen molar-refractivity contribution in [2.24, 2.45) is 0 Å². The number of benzene rings is 2. The first kappa shape index (κ1) is 17.8. The van der Waals surface area contributed by atoms with Gasteiger partial charge < -0.3 is 14.5 Å². The molecular weight excluding hydrogens is 350 g/mol. The molecule has 0 saturated heterocycles. The summed E-state index contributed by atoms with van der Waals surface area (Å²) in [4.78, 5) is 12.1. The minimum absolute atomic E-state index is 0.179. The average molecular weight is 368 g/mol. The summed E-state index contributed by atoms with van der Waals surface area (Å²) in [7, 11) is 0. The lowest BCUT2D eigenvalue weighted by atomic mass is 10.2. The van der Waals surface area contributed by atoms with Crippen LogP contribution in [0, 0.1) is 6.92 Å². The van der Waals surface area contributed by atoms with Crippen molar-refractivity contribution in [2.75, 3.05) is 5.32 Å². The van der Waals surface area contributed by atoms with Gasteiger partial charge in [0, 0.05) is 17.5 Å². The molecule has 0 bridgehead atoms. The number of para-hydroxylation sites is 1. The maximum atomic E-state index is 12.1. The van der Waals surface area contributed by atoms with E-state index in [1.165, 1.54) is 6.08 Å². The number of hydrogen-bond donors (Lipinski definition) is 1. The molecule has 1 heterocycles. The number of hydrogen-bond acceptors (Lipinski definition) is 4. The number of carbonyl (C=O) groups is 1. The zero-order chi connectivity index (χ0) is 18.5. The van der Waals surface area contributed by atoms with E-state index in [2.05, 4.69) is 5.32 Å². The Kier molecular flexibility index (Phi) is 5.44. The molecule has 1 N–H and O–H groups in total. The third-order valence-electron chi connectivity index (χ3n) is 3.59. The van der Waals surface area contributed by atoms with Gasteiger partial charge in [-0.05, 0) is 62.4 Å². The molecule has 1 aromatic heterocycles. The third-order valence-corrected chi connectivity index (χ3v) is 3.90. The first-order valence-corrected chi connectivity index (χ1v) is 8.47. The second-order valence-electron chi connectivity index (χ2n) is 5.78.